The molecule has 4 heterocycles. The average Bonchev–Trinajstić information content (AvgIpc) is 3.56. The second-order valence-electron chi connectivity index (χ2n) is 11.1. The first-order valence-electron chi connectivity index (χ1n) is 12.6. The Morgan fingerprint density at radius 3 is 2.89 bits per heavy atom. The third-order valence-corrected chi connectivity index (χ3v) is 7.37. The molecular formula is C26H33ClN6O4. The molecule has 3 aromatic rings. The lowest BCUT2D eigenvalue weighted by Gasteiger charge is -2.30. The predicted molar refractivity (Wildman–Crippen MR) is 139 cm³/mol. The van der Waals surface area contributed by atoms with E-state index < -0.39 is 5.60 Å². The Kier molecular flexibility index (Phi) is 6.99. The topological polar surface area (TPSA) is 125 Å². The quantitative estimate of drug-likeness (QED) is 0.467. The number of rotatable bonds is 5. The zero-order chi connectivity index (χ0) is 26.2. The third-order valence-electron chi connectivity index (χ3n) is 7.07. The number of ether oxygens (including phenoxy) is 2. The monoisotopic (exact) mass is 528 g/mol. The summed E-state index contributed by atoms with van der Waals surface area (Å²) in [7, 11) is 0. The summed E-state index contributed by atoms with van der Waals surface area (Å²) in [5.74, 6) is -0.120. The number of aromatic nitrogens is 4. The van der Waals surface area contributed by atoms with Crippen LogP contribution in [0.4, 0.5) is 0 Å². The van der Waals surface area contributed by atoms with Crippen molar-refractivity contribution in [2.45, 2.75) is 44.6 Å². The third kappa shape index (κ3) is 5.51. The van der Waals surface area contributed by atoms with Gasteiger partial charge >= 0.3 is 0 Å². The number of nitrogens with one attached hydrogen (secondary N) is 3. The van der Waals surface area contributed by atoms with Crippen LogP contribution in [0, 0.1) is 5.92 Å². The number of fused-ring (bicyclic) bond motifs is 1. The number of carbonyl (C=O) groups excluding carboxylic acids is 2. The summed E-state index contributed by atoms with van der Waals surface area (Å²) in [6.07, 6.45) is 0.870. The fourth-order valence-corrected chi connectivity index (χ4v) is 5.23. The maximum absolute atomic E-state index is 13.3. The van der Waals surface area contributed by atoms with Crippen LogP contribution in [0.15, 0.2) is 24.3 Å². The molecule has 10 nitrogen and oxygen atoms in total. The van der Waals surface area contributed by atoms with Gasteiger partial charge in [0.1, 0.15) is 16.8 Å². The Morgan fingerprint density at radius 1 is 1.27 bits per heavy atom. The summed E-state index contributed by atoms with van der Waals surface area (Å²) >= 11 is 6.18. The van der Waals surface area contributed by atoms with Gasteiger partial charge in [0.2, 0.25) is 5.91 Å². The van der Waals surface area contributed by atoms with Crippen LogP contribution in [0.1, 0.15) is 49.1 Å². The number of aromatic amines is 2. The molecule has 0 bridgehead atoms. The summed E-state index contributed by atoms with van der Waals surface area (Å²) in [5, 5.41) is 18.8. The van der Waals surface area contributed by atoms with Crippen LogP contribution in [-0.2, 0) is 26.1 Å². The number of hydrogen-bond donors (Lipinski definition) is 3. The first-order chi connectivity index (χ1) is 17.6. The Hall–Kier alpha value is -2.95. The molecule has 1 spiro atoms. The molecule has 2 aromatic heterocycles. The van der Waals surface area contributed by atoms with E-state index in [-0.39, 0.29) is 29.6 Å². The smallest absolute Gasteiger partial charge is 0.274 e. The van der Waals surface area contributed by atoms with Crippen molar-refractivity contribution in [3.8, 4) is 0 Å². The van der Waals surface area contributed by atoms with Crippen molar-refractivity contribution in [2.75, 3.05) is 39.5 Å². The van der Waals surface area contributed by atoms with Crippen LogP contribution in [0.2, 0.25) is 5.02 Å². The Morgan fingerprint density at radius 2 is 2.11 bits per heavy atom. The highest BCUT2D eigenvalue weighted by Gasteiger charge is 2.44. The number of para-hydroxylation sites is 1. The molecule has 0 aliphatic carbocycles. The molecule has 2 saturated heterocycles. The van der Waals surface area contributed by atoms with Crippen molar-refractivity contribution in [3.63, 3.8) is 0 Å². The number of nitrogens with zero attached hydrogens (tertiary/aromatic N) is 3. The van der Waals surface area contributed by atoms with E-state index in [0.29, 0.717) is 62.1 Å². The summed E-state index contributed by atoms with van der Waals surface area (Å²) in [4.78, 5) is 27.7. The molecule has 37 heavy (non-hydrogen) atoms. The van der Waals surface area contributed by atoms with Crippen LogP contribution < -0.4 is 5.32 Å². The summed E-state index contributed by atoms with van der Waals surface area (Å²) in [5.41, 5.74) is 1.98. The van der Waals surface area contributed by atoms with E-state index in [1.807, 2.05) is 18.2 Å². The minimum absolute atomic E-state index is 0.103. The van der Waals surface area contributed by atoms with Gasteiger partial charge in [-0.1, -0.05) is 44.5 Å². The van der Waals surface area contributed by atoms with Crippen molar-refractivity contribution in [3.05, 3.63) is 46.4 Å². The van der Waals surface area contributed by atoms with Gasteiger partial charge in [0.05, 0.1) is 43.5 Å². The van der Waals surface area contributed by atoms with E-state index in [0.717, 1.165) is 16.8 Å². The highest BCUT2D eigenvalue weighted by Crippen LogP contribution is 2.33. The summed E-state index contributed by atoms with van der Waals surface area (Å²) < 4.78 is 12.1. The molecule has 1 aromatic carbocycles. The Bertz CT molecular complexity index is 1300. The molecule has 2 atom stereocenters. The number of hydrogen-bond acceptors (Lipinski definition) is 6. The van der Waals surface area contributed by atoms with E-state index in [1.165, 1.54) is 0 Å². The molecule has 11 heteroatoms. The first-order valence-corrected chi connectivity index (χ1v) is 13.0. The molecule has 2 aliphatic heterocycles. The van der Waals surface area contributed by atoms with Crippen LogP contribution >= 0.6 is 11.6 Å². The van der Waals surface area contributed by atoms with Crippen molar-refractivity contribution >= 4 is 34.3 Å². The number of carbonyl (C=O) groups is 2. The molecule has 198 valence electrons. The second-order valence-corrected chi connectivity index (χ2v) is 11.5. The molecule has 2 aliphatic rings. The van der Waals surface area contributed by atoms with Gasteiger partial charge in [-0.05, 0) is 18.6 Å². The minimum atomic E-state index is -0.596. The highest BCUT2D eigenvalue weighted by molar-refractivity contribution is 6.35. The lowest BCUT2D eigenvalue weighted by atomic mass is 9.92. The summed E-state index contributed by atoms with van der Waals surface area (Å²) in [6.45, 7) is 8.94. The SMILES string of the molecule is CC(C)(C)c1cc(C(=O)N2CCOCC3(CC(CNC(=O)Cc4[nH]nc5c(Cl)cccc45)CO3)C2)n[nH]1. The fourth-order valence-electron chi connectivity index (χ4n) is 5.01. The van der Waals surface area contributed by atoms with E-state index >= 15 is 0 Å². The lowest BCUT2D eigenvalue weighted by molar-refractivity contribution is -0.120. The van der Waals surface area contributed by atoms with Crippen molar-refractivity contribution < 1.29 is 19.1 Å². The lowest BCUT2D eigenvalue weighted by Crippen LogP contribution is -2.46. The van der Waals surface area contributed by atoms with E-state index in [2.05, 4.69) is 46.5 Å². The minimum Gasteiger partial charge on any atom is -0.377 e. The van der Waals surface area contributed by atoms with Gasteiger partial charge in [-0.2, -0.15) is 10.2 Å². The van der Waals surface area contributed by atoms with Crippen LogP contribution in [0.5, 0.6) is 0 Å². The van der Waals surface area contributed by atoms with Gasteiger partial charge in [-0.3, -0.25) is 19.8 Å². The molecule has 5 rings (SSSR count). The molecule has 2 unspecified atom stereocenters. The molecule has 0 radical (unpaired) electrons. The Balaban J connectivity index is 1.17. The average molecular weight is 529 g/mol. The molecular weight excluding hydrogens is 496 g/mol. The predicted octanol–water partition coefficient (Wildman–Crippen LogP) is 2.84. The van der Waals surface area contributed by atoms with Crippen molar-refractivity contribution in [2.24, 2.45) is 5.92 Å². The van der Waals surface area contributed by atoms with Gasteiger partial charge < -0.3 is 19.7 Å². The van der Waals surface area contributed by atoms with Crippen LogP contribution in [0.3, 0.4) is 0 Å². The Labute approximate surface area is 220 Å². The van der Waals surface area contributed by atoms with Crippen molar-refractivity contribution in [1.29, 1.82) is 0 Å². The van der Waals surface area contributed by atoms with Gasteiger partial charge in [-0.15, -0.1) is 0 Å². The maximum Gasteiger partial charge on any atom is 0.274 e. The standard InChI is InChI=1S/C26H33ClN6O4/c1-25(2,3)21-9-20(30-31-21)24(35)33-7-8-36-15-26(14-33)11-16(13-37-26)12-28-22(34)10-19-17-5-4-6-18(27)23(17)32-29-19/h4-6,9,16H,7-8,10-15H2,1-3H3,(H,28,34)(H,29,32)(H,30,31). The largest absolute Gasteiger partial charge is 0.377 e. The van der Waals surface area contributed by atoms with E-state index in [1.54, 1.807) is 11.0 Å². The van der Waals surface area contributed by atoms with Gasteiger partial charge in [0, 0.05) is 35.5 Å². The number of amides is 2. The van der Waals surface area contributed by atoms with Crippen LogP contribution in [0.25, 0.3) is 10.9 Å². The first kappa shape index (κ1) is 25.7. The van der Waals surface area contributed by atoms with Crippen molar-refractivity contribution in [1.82, 2.24) is 30.6 Å². The molecule has 2 fully saturated rings. The number of halogens is 1. The zero-order valence-electron chi connectivity index (χ0n) is 21.4. The van der Waals surface area contributed by atoms with E-state index in [4.69, 9.17) is 21.1 Å². The normalized spacial score (nSPS) is 22.5. The van der Waals surface area contributed by atoms with Gasteiger partial charge in [0.15, 0.2) is 0 Å². The summed E-state index contributed by atoms with van der Waals surface area (Å²) in [6, 6.07) is 7.34. The molecule has 2 amide bonds. The molecule has 3 N–H and O–H groups in total. The zero-order valence-corrected chi connectivity index (χ0v) is 22.2. The van der Waals surface area contributed by atoms with Gasteiger partial charge in [-0.25, -0.2) is 0 Å². The van der Waals surface area contributed by atoms with E-state index in [9.17, 15) is 9.59 Å². The molecule has 0 saturated carbocycles. The van der Waals surface area contributed by atoms with Crippen LogP contribution in [-0.4, -0.2) is 82.2 Å². The second kappa shape index (κ2) is 10.1. The highest BCUT2D eigenvalue weighted by atomic mass is 35.5. The number of H-pyrrole nitrogens is 2. The fraction of sp³-hybridized carbons (Fsp3) is 0.538. The maximum atomic E-state index is 13.3. The number of benzene rings is 1. The van der Waals surface area contributed by atoms with Gasteiger partial charge in [0.25, 0.3) is 5.91 Å².